The predicted octanol–water partition coefficient (Wildman–Crippen LogP) is 3.65. The number of methoxy groups -OCH3 is 4. The first kappa shape index (κ1) is 22.0. The highest BCUT2D eigenvalue weighted by atomic mass is 16.5. The van der Waals surface area contributed by atoms with Gasteiger partial charge in [-0.05, 0) is 12.1 Å². The number of hydrogen-bond donors (Lipinski definition) is 0. The Labute approximate surface area is 196 Å². The number of ether oxygens (including phenoxy) is 4. The summed E-state index contributed by atoms with van der Waals surface area (Å²) in [4.78, 5) is 33.9. The SMILES string of the molecule is COc1cc2nc(-c3ccc(-c4nc5cc(OC)c(OC)cc5c(=O)o4)o3)oc(=O)c2cc1OC. The lowest BCUT2D eigenvalue weighted by Crippen LogP contribution is -2.04. The molecule has 11 nitrogen and oxygen atoms in total. The van der Waals surface area contributed by atoms with Crippen LogP contribution < -0.4 is 30.2 Å². The topological polar surface area (TPSA) is 136 Å². The molecule has 0 amide bonds. The molecule has 2 aromatic carbocycles. The van der Waals surface area contributed by atoms with Crippen molar-refractivity contribution in [3.05, 3.63) is 57.2 Å². The Hall–Kier alpha value is -4.80. The maximum Gasteiger partial charge on any atom is 0.347 e. The van der Waals surface area contributed by atoms with Gasteiger partial charge in [0, 0.05) is 24.3 Å². The van der Waals surface area contributed by atoms with E-state index in [1.807, 2.05) is 0 Å². The molecular formula is C24H18N2O9. The van der Waals surface area contributed by atoms with Crippen LogP contribution in [0.1, 0.15) is 0 Å². The van der Waals surface area contributed by atoms with Gasteiger partial charge in [0.15, 0.2) is 34.5 Å². The Morgan fingerprint density at radius 2 is 0.943 bits per heavy atom. The minimum absolute atomic E-state index is 0.0736. The fourth-order valence-corrected chi connectivity index (χ4v) is 3.58. The van der Waals surface area contributed by atoms with Crippen molar-refractivity contribution >= 4 is 21.8 Å². The number of aromatic nitrogens is 2. The monoisotopic (exact) mass is 478 g/mol. The second kappa shape index (κ2) is 8.52. The molecule has 5 rings (SSSR count). The molecule has 11 heteroatoms. The van der Waals surface area contributed by atoms with E-state index in [1.54, 1.807) is 12.1 Å². The number of nitrogens with zero attached hydrogens (tertiary/aromatic N) is 2. The van der Waals surface area contributed by atoms with Crippen LogP contribution >= 0.6 is 0 Å². The maximum absolute atomic E-state index is 12.6. The number of benzene rings is 2. The minimum atomic E-state index is -0.639. The number of hydrogen-bond acceptors (Lipinski definition) is 11. The summed E-state index contributed by atoms with van der Waals surface area (Å²) in [6.07, 6.45) is 0. The van der Waals surface area contributed by atoms with E-state index >= 15 is 0 Å². The van der Waals surface area contributed by atoms with E-state index in [0.717, 1.165) is 0 Å². The normalized spacial score (nSPS) is 11.1. The van der Waals surface area contributed by atoms with Crippen molar-refractivity contribution in [1.29, 1.82) is 0 Å². The number of fused-ring (bicyclic) bond motifs is 2. The summed E-state index contributed by atoms with van der Waals surface area (Å²) >= 11 is 0. The second-order valence-electron chi connectivity index (χ2n) is 7.23. The summed E-state index contributed by atoms with van der Waals surface area (Å²) in [5.41, 5.74) is -0.632. The van der Waals surface area contributed by atoms with E-state index < -0.39 is 11.3 Å². The van der Waals surface area contributed by atoms with Crippen LogP contribution in [0.4, 0.5) is 0 Å². The summed E-state index contributed by atoms with van der Waals surface area (Å²) in [7, 11) is 5.88. The van der Waals surface area contributed by atoms with Crippen LogP contribution in [-0.2, 0) is 0 Å². The molecule has 0 saturated heterocycles. The average molecular weight is 478 g/mol. The van der Waals surface area contributed by atoms with Crippen LogP contribution in [0.5, 0.6) is 23.0 Å². The van der Waals surface area contributed by atoms with Gasteiger partial charge in [0.2, 0.25) is 0 Å². The van der Waals surface area contributed by atoms with Gasteiger partial charge in [-0.15, -0.1) is 0 Å². The molecule has 0 N–H and O–H groups in total. The molecule has 3 aromatic heterocycles. The molecule has 0 saturated carbocycles. The third kappa shape index (κ3) is 3.72. The first-order chi connectivity index (χ1) is 16.9. The first-order valence-electron chi connectivity index (χ1n) is 10.2. The minimum Gasteiger partial charge on any atom is -0.493 e. The van der Waals surface area contributed by atoms with E-state index in [9.17, 15) is 9.59 Å². The fourth-order valence-electron chi connectivity index (χ4n) is 3.58. The highest BCUT2D eigenvalue weighted by Crippen LogP contribution is 2.33. The Kier molecular flexibility index (Phi) is 5.36. The molecule has 0 spiro atoms. The van der Waals surface area contributed by atoms with Crippen molar-refractivity contribution < 1.29 is 32.2 Å². The third-order valence-electron chi connectivity index (χ3n) is 5.29. The van der Waals surface area contributed by atoms with Crippen LogP contribution in [-0.4, -0.2) is 38.4 Å². The predicted molar refractivity (Wildman–Crippen MR) is 123 cm³/mol. The molecule has 0 unspecified atom stereocenters. The number of rotatable bonds is 6. The van der Waals surface area contributed by atoms with E-state index in [4.69, 9.17) is 32.2 Å². The summed E-state index contributed by atoms with van der Waals surface area (Å²) in [5.74, 6) is 1.65. The quantitative estimate of drug-likeness (QED) is 0.354. The molecule has 5 aromatic rings. The molecule has 0 radical (unpaired) electrons. The van der Waals surface area contributed by atoms with Crippen LogP contribution in [0.25, 0.3) is 45.1 Å². The van der Waals surface area contributed by atoms with Crippen molar-refractivity contribution in [1.82, 2.24) is 9.97 Å². The molecule has 178 valence electrons. The largest absolute Gasteiger partial charge is 0.493 e. The summed E-state index contributed by atoms with van der Waals surface area (Å²) in [6.45, 7) is 0. The van der Waals surface area contributed by atoms with Gasteiger partial charge < -0.3 is 32.2 Å². The van der Waals surface area contributed by atoms with Crippen LogP contribution in [0.2, 0.25) is 0 Å². The Bertz CT molecular complexity index is 1570. The Morgan fingerprint density at radius 1 is 0.571 bits per heavy atom. The van der Waals surface area contributed by atoms with E-state index in [1.165, 1.54) is 52.7 Å². The molecule has 0 aliphatic heterocycles. The van der Waals surface area contributed by atoms with Gasteiger partial charge in [-0.2, -0.15) is 0 Å². The van der Waals surface area contributed by atoms with Crippen molar-refractivity contribution in [2.45, 2.75) is 0 Å². The number of furan rings is 1. The van der Waals surface area contributed by atoms with Gasteiger partial charge in [0.25, 0.3) is 11.8 Å². The van der Waals surface area contributed by atoms with Crippen molar-refractivity contribution in [3.63, 3.8) is 0 Å². The summed E-state index contributed by atoms with van der Waals surface area (Å²) in [6, 6.07) is 9.14. The van der Waals surface area contributed by atoms with Gasteiger partial charge in [0.1, 0.15) is 0 Å². The molecule has 0 atom stereocenters. The lowest BCUT2D eigenvalue weighted by atomic mass is 10.2. The van der Waals surface area contributed by atoms with Crippen molar-refractivity contribution in [3.8, 4) is 46.3 Å². The summed E-state index contributed by atoms with van der Waals surface area (Å²) < 4.78 is 37.5. The zero-order valence-electron chi connectivity index (χ0n) is 19.0. The van der Waals surface area contributed by atoms with Crippen LogP contribution in [0.3, 0.4) is 0 Å². The third-order valence-corrected chi connectivity index (χ3v) is 5.29. The zero-order chi connectivity index (χ0) is 24.7. The zero-order valence-corrected chi connectivity index (χ0v) is 19.0. The molecule has 3 heterocycles. The average Bonchev–Trinajstić information content (AvgIpc) is 3.37. The fraction of sp³-hybridized carbons (Fsp3) is 0.167. The maximum atomic E-state index is 12.6. The highest BCUT2D eigenvalue weighted by Gasteiger charge is 2.19. The van der Waals surface area contributed by atoms with Crippen LogP contribution in [0.15, 0.2) is 59.2 Å². The van der Waals surface area contributed by atoms with E-state index in [-0.39, 0.29) is 34.1 Å². The molecular weight excluding hydrogens is 460 g/mol. The molecule has 35 heavy (non-hydrogen) atoms. The van der Waals surface area contributed by atoms with Gasteiger partial charge >= 0.3 is 11.3 Å². The summed E-state index contributed by atoms with van der Waals surface area (Å²) in [5, 5.41) is 0.425. The molecule has 0 bridgehead atoms. The molecule has 0 fully saturated rings. The lowest BCUT2D eigenvalue weighted by Gasteiger charge is -2.08. The first-order valence-corrected chi connectivity index (χ1v) is 10.2. The van der Waals surface area contributed by atoms with E-state index in [0.29, 0.717) is 34.0 Å². The van der Waals surface area contributed by atoms with Crippen molar-refractivity contribution in [2.24, 2.45) is 0 Å². The lowest BCUT2D eigenvalue weighted by molar-refractivity contribution is 0.355. The van der Waals surface area contributed by atoms with Gasteiger partial charge in [-0.3, -0.25) is 0 Å². The Morgan fingerprint density at radius 3 is 1.31 bits per heavy atom. The van der Waals surface area contributed by atoms with Gasteiger partial charge in [-0.25, -0.2) is 19.6 Å². The molecule has 0 aliphatic carbocycles. The van der Waals surface area contributed by atoms with Crippen molar-refractivity contribution in [2.75, 3.05) is 28.4 Å². The van der Waals surface area contributed by atoms with E-state index in [2.05, 4.69) is 9.97 Å². The molecule has 0 aliphatic rings. The second-order valence-corrected chi connectivity index (χ2v) is 7.23. The smallest absolute Gasteiger partial charge is 0.347 e. The van der Waals surface area contributed by atoms with Gasteiger partial charge in [-0.1, -0.05) is 0 Å². The van der Waals surface area contributed by atoms with Crippen LogP contribution in [0, 0.1) is 0 Å². The Balaban J connectivity index is 1.59. The van der Waals surface area contributed by atoms with Gasteiger partial charge in [0.05, 0.1) is 50.2 Å². The highest BCUT2D eigenvalue weighted by molar-refractivity contribution is 5.83. The standard InChI is InChI=1S/C24H18N2O9/c1-29-17-7-11-13(9-19(17)31-3)25-21(34-23(11)27)15-5-6-16(33-15)22-26-14-10-20(32-4)18(30-2)8-12(14)24(28)35-22/h5-10H,1-4H3.